The van der Waals surface area contributed by atoms with E-state index in [0.29, 0.717) is 24.8 Å². The summed E-state index contributed by atoms with van der Waals surface area (Å²) in [6.45, 7) is 6.49. The van der Waals surface area contributed by atoms with E-state index in [4.69, 9.17) is 10.3 Å². The fraction of sp³-hybridized carbons (Fsp3) is 0.467. The van der Waals surface area contributed by atoms with Crippen LogP contribution in [0, 0.1) is 5.41 Å². The zero-order valence-corrected chi connectivity index (χ0v) is 13.6. The van der Waals surface area contributed by atoms with E-state index in [0.717, 1.165) is 12.1 Å². The van der Waals surface area contributed by atoms with Crippen LogP contribution in [0.5, 0.6) is 0 Å². The molecule has 6 heteroatoms. The van der Waals surface area contributed by atoms with Crippen LogP contribution in [0.3, 0.4) is 0 Å². The van der Waals surface area contributed by atoms with Gasteiger partial charge in [-0.3, -0.25) is 4.90 Å². The monoisotopic (exact) mass is 310 g/mol. The molecule has 0 aliphatic heterocycles. The molecular formula is C15H23ClN4O. The van der Waals surface area contributed by atoms with Crippen molar-refractivity contribution in [2.75, 3.05) is 20.1 Å². The second-order valence-corrected chi connectivity index (χ2v) is 5.92. The molecule has 2 aromatic rings. The molecular weight excluding hydrogens is 288 g/mol. The lowest BCUT2D eigenvalue weighted by Gasteiger charge is -2.28. The molecule has 21 heavy (non-hydrogen) atoms. The molecule has 0 atom stereocenters. The first-order valence-corrected chi connectivity index (χ1v) is 6.77. The second kappa shape index (κ2) is 7.54. The molecule has 0 saturated heterocycles. The lowest BCUT2D eigenvalue weighted by atomic mass is 9.93. The van der Waals surface area contributed by atoms with E-state index in [1.165, 1.54) is 0 Å². The SMILES string of the molecule is CN(Cc1noc(-c2ccccc2)n1)CC(C)(C)CN.Cl. The highest BCUT2D eigenvalue weighted by molar-refractivity contribution is 5.85. The molecule has 0 aliphatic rings. The van der Waals surface area contributed by atoms with E-state index in [2.05, 4.69) is 28.9 Å². The fourth-order valence-electron chi connectivity index (χ4n) is 2.11. The normalized spacial score (nSPS) is 11.5. The highest BCUT2D eigenvalue weighted by Crippen LogP contribution is 2.18. The van der Waals surface area contributed by atoms with Crippen LogP contribution in [-0.4, -0.2) is 35.2 Å². The molecule has 0 amide bonds. The first kappa shape index (κ1) is 17.6. The van der Waals surface area contributed by atoms with Gasteiger partial charge in [0.25, 0.3) is 5.89 Å². The Hall–Kier alpha value is -1.43. The number of benzene rings is 1. The smallest absolute Gasteiger partial charge is 0.257 e. The minimum atomic E-state index is 0. The maximum atomic E-state index is 5.75. The van der Waals surface area contributed by atoms with E-state index < -0.39 is 0 Å². The van der Waals surface area contributed by atoms with Crippen molar-refractivity contribution in [1.82, 2.24) is 15.0 Å². The molecule has 1 aromatic heterocycles. The van der Waals surface area contributed by atoms with Gasteiger partial charge in [0.05, 0.1) is 6.54 Å². The molecule has 0 spiro atoms. The van der Waals surface area contributed by atoms with Gasteiger partial charge in [0.2, 0.25) is 0 Å². The van der Waals surface area contributed by atoms with Gasteiger partial charge in [0.15, 0.2) is 5.82 Å². The molecule has 0 unspecified atom stereocenters. The van der Waals surface area contributed by atoms with Gasteiger partial charge in [-0.05, 0) is 31.1 Å². The van der Waals surface area contributed by atoms with Crippen molar-refractivity contribution in [2.45, 2.75) is 20.4 Å². The molecule has 5 nitrogen and oxygen atoms in total. The van der Waals surface area contributed by atoms with Crippen LogP contribution >= 0.6 is 12.4 Å². The Labute approximate surface area is 131 Å². The number of hydrogen-bond acceptors (Lipinski definition) is 5. The summed E-state index contributed by atoms with van der Waals surface area (Å²) in [7, 11) is 2.04. The molecule has 1 heterocycles. The Morgan fingerprint density at radius 3 is 2.52 bits per heavy atom. The summed E-state index contributed by atoms with van der Waals surface area (Å²) in [5.41, 5.74) is 6.78. The lowest BCUT2D eigenvalue weighted by Crippen LogP contribution is -2.36. The molecule has 0 aliphatic carbocycles. The van der Waals surface area contributed by atoms with Crippen LogP contribution in [0.2, 0.25) is 0 Å². The standard InChI is InChI=1S/C15H22N4O.ClH/c1-15(2,10-16)11-19(3)9-13-17-14(20-18-13)12-7-5-4-6-8-12;/h4-8H,9-11,16H2,1-3H3;1H. The van der Waals surface area contributed by atoms with Gasteiger partial charge in [-0.2, -0.15) is 4.98 Å². The van der Waals surface area contributed by atoms with E-state index in [1.807, 2.05) is 37.4 Å². The summed E-state index contributed by atoms with van der Waals surface area (Å²) < 4.78 is 5.30. The third-order valence-electron chi connectivity index (χ3n) is 3.15. The van der Waals surface area contributed by atoms with Gasteiger partial charge in [0, 0.05) is 12.1 Å². The summed E-state index contributed by atoms with van der Waals surface area (Å²) in [6, 6.07) is 9.78. The molecule has 1 aromatic carbocycles. The zero-order chi connectivity index (χ0) is 14.6. The molecule has 2 N–H and O–H groups in total. The Morgan fingerprint density at radius 2 is 1.90 bits per heavy atom. The summed E-state index contributed by atoms with van der Waals surface area (Å²) in [6.07, 6.45) is 0. The summed E-state index contributed by atoms with van der Waals surface area (Å²) in [5.74, 6) is 1.26. The van der Waals surface area contributed by atoms with Gasteiger partial charge in [-0.25, -0.2) is 0 Å². The van der Waals surface area contributed by atoms with Gasteiger partial charge < -0.3 is 10.3 Å². The van der Waals surface area contributed by atoms with Crippen molar-refractivity contribution >= 4 is 12.4 Å². The molecule has 2 rings (SSSR count). The van der Waals surface area contributed by atoms with Gasteiger partial charge >= 0.3 is 0 Å². The molecule has 0 bridgehead atoms. The maximum absolute atomic E-state index is 5.75. The summed E-state index contributed by atoms with van der Waals surface area (Å²) >= 11 is 0. The number of rotatable bonds is 6. The van der Waals surface area contributed by atoms with Crippen molar-refractivity contribution in [3.8, 4) is 11.5 Å². The van der Waals surface area contributed by atoms with Crippen LogP contribution in [0.4, 0.5) is 0 Å². The Morgan fingerprint density at radius 1 is 1.24 bits per heavy atom. The summed E-state index contributed by atoms with van der Waals surface area (Å²) in [5, 5.41) is 4.03. The molecule has 116 valence electrons. The first-order chi connectivity index (χ1) is 9.50. The highest BCUT2D eigenvalue weighted by Gasteiger charge is 2.19. The molecule has 0 saturated carbocycles. The second-order valence-electron chi connectivity index (χ2n) is 5.92. The average Bonchev–Trinajstić information content (AvgIpc) is 2.87. The molecule has 0 radical (unpaired) electrons. The highest BCUT2D eigenvalue weighted by atomic mass is 35.5. The van der Waals surface area contributed by atoms with Gasteiger partial charge in [-0.1, -0.05) is 37.2 Å². The van der Waals surface area contributed by atoms with Crippen LogP contribution in [0.15, 0.2) is 34.9 Å². The summed E-state index contributed by atoms with van der Waals surface area (Å²) in [4.78, 5) is 6.58. The Bertz CT molecular complexity index is 542. The number of aromatic nitrogens is 2. The van der Waals surface area contributed by atoms with E-state index in [-0.39, 0.29) is 17.8 Å². The maximum Gasteiger partial charge on any atom is 0.257 e. The van der Waals surface area contributed by atoms with Crippen molar-refractivity contribution in [2.24, 2.45) is 11.1 Å². The minimum absolute atomic E-state index is 0. The predicted octanol–water partition coefficient (Wildman–Crippen LogP) is 2.58. The number of hydrogen-bond donors (Lipinski definition) is 1. The van der Waals surface area contributed by atoms with Crippen molar-refractivity contribution in [1.29, 1.82) is 0 Å². The third-order valence-corrected chi connectivity index (χ3v) is 3.15. The van der Waals surface area contributed by atoms with Crippen molar-refractivity contribution in [3.05, 3.63) is 36.2 Å². The van der Waals surface area contributed by atoms with Gasteiger partial charge in [-0.15, -0.1) is 12.4 Å². The predicted molar refractivity (Wildman–Crippen MR) is 86.2 cm³/mol. The minimum Gasteiger partial charge on any atom is -0.334 e. The van der Waals surface area contributed by atoms with Crippen LogP contribution in [0.1, 0.15) is 19.7 Å². The number of nitrogens with zero attached hydrogens (tertiary/aromatic N) is 3. The Kier molecular flexibility index (Phi) is 6.33. The quantitative estimate of drug-likeness (QED) is 0.888. The average molecular weight is 311 g/mol. The third kappa shape index (κ3) is 5.12. The fourth-order valence-corrected chi connectivity index (χ4v) is 2.11. The van der Waals surface area contributed by atoms with Crippen LogP contribution < -0.4 is 5.73 Å². The van der Waals surface area contributed by atoms with Gasteiger partial charge in [0.1, 0.15) is 0 Å². The van der Waals surface area contributed by atoms with Crippen molar-refractivity contribution < 1.29 is 4.52 Å². The molecule has 0 fully saturated rings. The topological polar surface area (TPSA) is 68.2 Å². The van der Waals surface area contributed by atoms with Crippen LogP contribution in [-0.2, 0) is 6.54 Å². The Balaban J connectivity index is 0.00000220. The van der Waals surface area contributed by atoms with Crippen molar-refractivity contribution in [3.63, 3.8) is 0 Å². The zero-order valence-electron chi connectivity index (χ0n) is 12.7. The largest absolute Gasteiger partial charge is 0.334 e. The van der Waals surface area contributed by atoms with E-state index in [1.54, 1.807) is 0 Å². The number of halogens is 1. The lowest BCUT2D eigenvalue weighted by molar-refractivity contribution is 0.204. The number of nitrogens with two attached hydrogens (primary N) is 1. The van der Waals surface area contributed by atoms with E-state index in [9.17, 15) is 0 Å². The van der Waals surface area contributed by atoms with E-state index >= 15 is 0 Å². The van der Waals surface area contributed by atoms with Crippen LogP contribution in [0.25, 0.3) is 11.5 Å². The first-order valence-electron chi connectivity index (χ1n) is 6.77.